The maximum atomic E-state index is 15.6. The highest BCUT2D eigenvalue weighted by atomic mass is 32.1. The number of aromatic carboxylic acids is 1. The first kappa shape index (κ1) is 18.7. The molecule has 1 saturated heterocycles. The topological polar surface area (TPSA) is 100 Å². The third kappa shape index (κ3) is 2.27. The molecule has 1 aromatic carbocycles. The predicted octanol–water partition coefficient (Wildman–Crippen LogP) is 2.25. The lowest BCUT2D eigenvalue weighted by Gasteiger charge is -2.25. The Morgan fingerprint density at radius 3 is 2.90 bits per heavy atom. The predicted molar refractivity (Wildman–Crippen MR) is 118 cm³/mol. The van der Waals surface area contributed by atoms with Crippen molar-refractivity contribution < 1.29 is 14.3 Å². The number of hydrogen-bond donors (Lipinski definition) is 2. The number of aromatic nitrogens is 1. The zero-order chi connectivity index (χ0) is 21.6. The number of nitrogens with two attached hydrogens (primary N) is 1. The van der Waals surface area contributed by atoms with Gasteiger partial charge in [-0.1, -0.05) is 12.2 Å². The van der Waals surface area contributed by atoms with E-state index in [0.717, 1.165) is 6.42 Å². The van der Waals surface area contributed by atoms with Crippen molar-refractivity contribution in [1.82, 2.24) is 4.40 Å². The summed E-state index contributed by atoms with van der Waals surface area (Å²) in [7, 11) is 1.63. The Balaban J connectivity index is 1.71. The molecule has 7 nitrogen and oxygen atoms in total. The Labute approximate surface area is 179 Å². The lowest BCUT2D eigenvalue weighted by Crippen LogP contribution is -2.35. The normalized spacial score (nSPS) is 24.3. The second-order valence-electron chi connectivity index (χ2n) is 8.39. The summed E-state index contributed by atoms with van der Waals surface area (Å²) in [6.07, 6.45) is 5.03. The van der Waals surface area contributed by atoms with Gasteiger partial charge in [-0.05, 0) is 24.3 Å². The molecular formula is C22H19FN4O3S. The number of pyridine rings is 1. The van der Waals surface area contributed by atoms with Gasteiger partial charge in [0.25, 0.3) is 0 Å². The summed E-state index contributed by atoms with van der Waals surface area (Å²) in [6, 6.07) is 1.13. The molecule has 3 atom stereocenters. The molecule has 0 amide bonds. The summed E-state index contributed by atoms with van der Waals surface area (Å²) in [5.41, 5.74) is 6.95. The van der Waals surface area contributed by atoms with Crippen molar-refractivity contribution in [1.29, 1.82) is 0 Å². The van der Waals surface area contributed by atoms with Crippen LogP contribution in [0.5, 0.6) is 0 Å². The maximum Gasteiger partial charge on any atom is 0.342 e. The number of benzene rings is 1. The number of carboxylic acids is 1. The molecule has 0 spiro atoms. The van der Waals surface area contributed by atoms with Gasteiger partial charge in [0.2, 0.25) is 5.43 Å². The van der Waals surface area contributed by atoms with Crippen LogP contribution in [0.4, 0.5) is 10.1 Å². The molecule has 4 heterocycles. The van der Waals surface area contributed by atoms with Gasteiger partial charge in [0.1, 0.15) is 16.2 Å². The number of thiazole rings is 1. The van der Waals surface area contributed by atoms with E-state index in [0.29, 0.717) is 51.3 Å². The van der Waals surface area contributed by atoms with Crippen LogP contribution < -0.4 is 21.4 Å². The fraction of sp³-hybridized carbons (Fsp3) is 0.318. The minimum Gasteiger partial charge on any atom is -0.477 e. The van der Waals surface area contributed by atoms with Crippen LogP contribution in [0.25, 0.3) is 26.6 Å². The van der Waals surface area contributed by atoms with E-state index in [9.17, 15) is 14.7 Å². The molecule has 4 aromatic rings. The number of anilines is 1. The van der Waals surface area contributed by atoms with Gasteiger partial charge in [0.15, 0.2) is 0 Å². The first-order chi connectivity index (χ1) is 14.9. The molecule has 1 fully saturated rings. The first-order valence-electron chi connectivity index (χ1n) is 10.1. The van der Waals surface area contributed by atoms with Crippen LogP contribution in [0.3, 0.4) is 0 Å². The number of rotatable bonds is 2. The molecule has 9 heteroatoms. The fourth-order valence-corrected chi connectivity index (χ4v) is 6.58. The number of carboxylic acid groups (broad SMARTS) is 1. The van der Waals surface area contributed by atoms with Crippen molar-refractivity contribution in [2.75, 3.05) is 25.0 Å². The Bertz CT molecular complexity index is 1540. The smallest absolute Gasteiger partial charge is 0.342 e. The van der Waals surface area contributed by atoms with Crippen LogP contribution in [0.2, 0.25) is 0 Å². The largest absolute Gasteiger partial charge is 0.477 e. The monoisotopic (exact) mass is 438 g/mol. The number of carbonyl (C=O) groups is 1. The Hall–Kier alpha value is -3.04. The standard InChI is InChI=1S/C22H19FN4O3S/c1-25-17-14-8-31-21-16(22(29)30)20(28)10-5-12(23)19(15(17)18(10)27(14)21)26-6-9-3-2-4-13(24)11(9)7-26/h2,4-5,8-9,11,13H,3,6-7,24H2,1H3,(H,29,30). The lowest BCUT2D eigenvalue weighted by molar-refractivity contribution is 0.0697. The highest BCUT2D eigenvalue weighted by Gasteiger charge is 2.39. The number of hydrogen-bond acceptors (Lipinski definition) is 6. The number of fused-ring (bicyclic) bond motifs is 1. The Morgan fingerprint density at radius 1 is 1.39 bits per heavy atom. The molecule has 31 heavy (non-hydrogen) atoms. The minimum absolute atomic E-state index is 0.0613. The zero-order valence-electron chi connectivity index (χ0n) is 16.6. The van der Waals surface area contributed by atoms with Gasteiger partial charge in [0.05, 0.1) is 32.9 Å². The van der Waals surface area contributed by atoms with Crippen LogP contribution in [-0.2, 0) is 0 Å². The fourth-order valence-electron chi connectivity index (χ4n) is 5.54. The molecule has 3 unspecified atom stereocenters. The SMILES string of the molecule is CN=c1c2c(N3CC4CC=CC(N)C4C3)c(F)cc3c(=O)c(C(=O)O)c4scc1n4c32. The molecule has 0 radical (unpaired) electrons. The van der Waals surface area contributed by atoms with Crippen molar-refractivity contribution in [3.8, 4) is 0 Å². The molecule has 158 valence electrons. The van der Waals surface area contributed by atoms with Crippen molar-refractivity contribution >= 4 is 49.6 Å². The summed E-state index contributed by atoms with van der Waals surface area (Å²) in [5, 5.41) is 12.7. The second kappa shape index (κ2) is 6.24. The summed E-state index contributed by atoms with van der Waals surface area (Å²) in [4.78, 5) is 31.7. The van der Waals surface area contributed by atoms with Gasteiger partial charge in [-0.25, -0.2) is 9.18 Å². The van der Waals surface area contributed by atoms with E-state index >= 15 is 4.39 Å². The van der Waals surface area contributed by atoms with E-state index in [1.54, 1.807) is 16.8 Å². The molecule has 1 aliphatic carbocycles. The first-order valence-corrected chi connectivity index (χ1v) is 11.0. The van der Waals surface area contributed by atoms with Crippen molar-refractivity contribution in [3.63, 3.8) is 0 Å². The molecule has 3 aromatic heterocycles. The van der Waals surface area contributed by atoms with Crippen molar-refractivity contribution in [2.45, 2.75) is 12.5 Å². The quantitative estimate of drug-likeness (QED) is 0.468. The molecule has 2 aliphatic rings. The van der Waals surface area contributed by atoms with E-state index in [1.165, 1.54) is 17.4 Å². The second-order valence-corrected chi connectivity index (χ2v) is 9.25. The van der Waals surface area contributed by atoms with Gasteiger partial charge in [-0.2, -0.15) is 0 Å². The minimum atomic E-state index is -1.31. The van der Waals surface area contributed by atoms with Gasteiger partial charge < -0.3 is 15.7 Å². The van der Waals surface area contributed by atoms with E-state index < -0.39 is 17.2 Å². The van der Waals surface area contributed by atoms with E-state index in [-0.39, 0.29) is 22.9 Å². The zero-order valence-corrected chi connectivity index (χ0v) is 17.4. The van der Waals surface area contributed by atoms with Crippen molar-refractivity contribution in [2.24, 2.45) is 22.6 Å². The molecule has 1 aliphatic heterocycles. The molecular weight excluding hydrogens is 419 g/mol. The summed E-state index contributed by atoms with van der Waals surface area (Å²) in [6.45, 7) is 1.30. The van der Waals surface area contributed by atoms with Gasteiger partial charge >= 0.3 is 5.97 Å². The Kier molecular flexibility index (Phi) is 3.77. The molecule has 0 saturated carbocycles. The highest BCUT2D eigenvalue weighted by molar-refractivity contribution is 7.16. The number of halogens is 1. The number of allylic oxidation sites excluding steroid dienone is 1. The average Bonchev–Trinajstić information content (AvgIpc) is 3.41. The molecule has 3 N–H and O–H groups in total. The summed E-state index contributed by atoms with van der Waals surface area (Å²) in [5.74, 6) is -1.27. The van der Waals surface area contributed by atoms with Crippen LogP contribution >= 0.6 is 11.3 Å². The summed E-state index contributed by atoms with van der Waals surface area (Å²) < 4.78 is 17.4. The van der Waals surface area contributed by atoms with Crippen LogP contribution in [0.1, 0.15) is 16.8 Å². The average molecular weight is 438 g/mol. The van der Waals surface area contributed by atoms with Crippen LogP contribution in [0.15, 0.2) is 33.4 Å². The van der Waals surface area contributed by atoms with Gasteiger partial charge in [0, 0.05) is 31.6 Å². The molecule has 6 rings (SSSR count). The van der Waals surface area contributed by atoms with Crippen LogP contribution in [-0.4, -0.2) is 41.7 Å². The van der Waals surface area contributed by atoms with Crippen LogP contribution in [0, 0.1) is 17.7 Å². The lowest BCUT2D eigenvalue weighted by atomic mass is 9.83. The number of nitrogens with zero attached hydrogens (tertiary/aromatic N) is 3. The third-order valence-electron chi connectivity index (χ3n) is 6.88. The molecule has 0 bridgehead atoms. The van der Waals surface area contributed by atoms with E-state index in [2.05, 4.69) is 11.1 Å². The van der Waals surface area contributed by atoms with Gasteiger partial charge in [-0.15, -0.1) is 11.3 Å². The van der Waals surface area contributed by atoms with Crippen molar-refractivity contribution in [3.05, 3.63) is 50.6 Å². The maximum absolute atomic E-state index is 15.6. The summed E-state index contributed by atoms with van der Waals surface area (Å²) >= 11 is 1.19. The Morgan fingerprint density at radius 2 is 2.19 bits per heavy atom. The highest BCUT2D eigenvalue weighted by Crippen LogP contribution is 2.41. The van der Waals surface area contributed by atoms with E-state index in [1.807, 2.05) is 11.0 Å². The van der Waals surface area contributed by atoms with Gasteiger partial charge in [-0.3, -0.25) is 14.2 Å². The third-order valence-corrected chi connectivity index (χ3v) is 7.83. The van der Waals surface area contributed by atoms with E-state index in [4.69, 9.17) is 5.73 Å².